The van der Waals surface area contributed by atoms with Gasteiger partial charge in [0, 0.05) is 19.9 Å². The van der Waals surface area contributed by atoms with Gasteiger partial charge in [0.05, 0.1) is 11.1 Å². The summed E-state index contributed by atoms with van der Waals surface area (Å²) >= 11 is 0. The molecule has 3 rings (SSSR count). The molecule has 3 aromatic rings. The molecule has 0 saturated carbocycles. The number of hydrogen-bond acceptors (Lipinski definition) is 6. The van der Waals surface area contributed by atoms with Crippen molar-refractivity contribution in [3.8, 4) is 6.07 Å². The highest BCUT2D eigenvalue weighted by molar-refractivity contribution is 5.83. The van der Waals surface area contributed by atoms with Gasteiger partial charge in [0.1, 0.15) is 11.6 Å². The van der Waals surface area contributed by atoms with Gasteiger partial charge >= 0.3 is 0 Å². The largest absolute Gasteiger partial charge is 0.369 e. The van der Waals surface area contributed by atoms with Crippen LogP contribution in [0, 0.1) is 18.3 Å². The fourth-order valence-electron chi connectivity index (χ4n) is 2.14. The first-order chi connectivity index (χ1) is 9.69. The van der Waals surface area contributed by atoms with Crippen molar-refractivity contribution in [2.75, 3.05) is 5.73 Å². The maximum atomic E-state index is 9.07. The third kappa shape index (κ3) is 1.97. The fraction of sp³-hybridized carbons (Fsp3) is 0.231. The summed E-state index contributed by atoms with van der Waals surface area (Å²) in [5.74, 6) is 1.54. The van der Waals surface area contributed by atoms with Crippen LogP contribution in [0.25, 0.3) is 11.0 Å². The average molecular weight is 268 g/mol. The molecular weight excluding hydrogens is 256 g/mol. The summed E-state index contributed by atoms with van der Waals surface area (Å²) in [6, 6.07) is 7.55. The Hall–Kier alpha value is -2.88. The van der Waals surface area contributed by atoms with Crippen LogP contribution in [0.5, 0.6) is 0 Å². The van der Waals surface area contributed by atoms with Crippen molar-refractivity contribution in [3.63, 3.8) is 0 Å². The number of nitrogens with two attached hydrogens (primary N) is 1. The summed E-state index contributed by atoms with van der Waals surface area (Å²) in [6.07, 6.45) is 0.587. The Bertz CT molecular complexity index is 810. The molecule has 7 heteroatoms. The van der Waals surface area contributed by atoms with E-state index in [4.69, 9.17) is 15.5 Å². The monoisotopic (exact) mass is 268 g/mol. The quantitative estimate of drug-likeness (QED) is 0.769. The minimum Gasteiger partial charge on any atom is -0.369 e. The molecule has 20 heavy (non-hydrogen) atoms. The molecule has 0 radical (unpaired) electrons. The van der Waals surface area contributed by atoms with Crippen LogP contribution in [0.2, 0.25) is 0 Å². The topological polar surface area (TPSA) is 107 Å². The van der Waals surface area contributed by atoms with Crippen LogP contribution in [0.1, 0.15) is 17.3 Å². The second-order valence-electron chi connectivity index (χ2n) is 4.39. The summed E-state index contributed by atoms with van der Waals surface area (Å²) in [4.78, 5) is 8.40. The number of fused-ring (bicyclic) bond motifs is 1. The molecule has 0 amide bonds. The molecule has 1 aromatic carbocycles. The molecular formula is C13H12N6O. The predicted octanol–water partition coefficient (Wildman–Crippen LogP) is 1.42. The average Bonchev–Trinajstić information content (AvgIpc) is 2.99. The third-order valence-corrected chi connectivity index (χ3v) is 3.06. The van der Waals surface area contributed by atoms with E-state index in [-0.39, 0.29) is 0 Å². The number of rotatable bonds is 3. The first kappa shape index (κ1) is 12.2. The van der Waals surface area contributed by atoms with E-state index in [9.17, 15) is 0 Å². The number of imidazole rings is 1. The van der Waals surface area contributed by atoms with E-state index < -0.39 is 0 Å². The lowest BCUT2D eigenvalue weighted by molar-refractivity contribution is 0.386. The molecule has 0 aliphatic carbocycles. The van der Waals surface area contributed by atoms with Gasteiger partial charge in [0.15, 0.2) is 5.82 Å². The van der Waals surface area contributed by atoms with E-state index in [2.05, 4.69) is 21.2 Å². The molecule has 0 bridgehead atoms. The van der Waals surface area contributed by atoms with Gasteiger partial charge in [0.25, 0.3) is 0 Å². The van der Waals surface area contributed by atoms with E-state index in [0.717, 1.165) is 5.52 Å². The Morgan fingerprint density at radius 2 is 2.25 bits per heavy atom. The van der Waals surface area contributed by atoms with E-state index in [1.54, 1.807) is 13.0 Å². The summed E-state index contributed by atoms with van der Waals surface area (Å²) < 4.78 is 6.78. The van der Waals surface area contributed by atoms with Crippen molar-refractivity contribution in [2.45, 2.75) is 19.9 Å². The Balaban J connectivity index is 1.95. The number of nitrogens with zero attached hydrogens (tertiary/aromatic N) is 5. The van der Waals surface area contributed by atoms with Crippen LogP contribution < -0.4 is 5.73 Å². The number of aryl methyl sites for hydroxylation is 3. The zero-order valence-electron chi connectivity index (χ0n) is 10.9. The standard InChI is InChI=1S/C13H12N6O/c1-8-16-11(18-20-8)5-6-19-10-4-2-3-9(7-14)12(10)17-13(19)15/h2-4H,5-6H2,1H3,(H2,15,17). The molecule has 0 aliphatic rings. The maximum absolute atomic E-state index is 9.07. The molecule has 2 N–H and O–H groups in total. The first-order valence-corrected chi connectivity index (χ1v) is 6.13. The van der Waals surface area contributed by atoms with Crippen LogP contribution in [0.15, 0.2) is 22.7 Å². The van der Waals surface area contributed by atoms with Crippen LogP contribution >= 0.6 is 0 Å². The van der Waals surface area contributed by atoms with E-state index in [1.807, 2.05) is 16.7 Å². The number of nitriles is 1. The highest BCUT2D eigenvalue weighted by atomic mass is 16.5. The van der Waals surface area contributed by atoms with Crippen molar-refractivity contribution in [1.82, 2.24) is 19.7 Å². The van der Waals surface area contributed by atoms with Gasteiger partial charge < -0.3 is 14.8 Å². The maximum Gasteiger partial charge on any atom is 0.223 e. The lowest BCUT2D eigenvalue weighted by Crippen LogP contribution is -2.06. The number of nitrogen functional groups attached to an aromatic ring is 1. The summed E-state index contributed by atoms with van der Waals surface area (Å²) in [6.45, 7) is 2.33. The van der Waals surface area contributed by atoms with Crippen molar-refractivity contribution < 1.29 is 4.52 Å². The Kier molecular flexibility index (Phi) is 2.84. The van der Waals surface area contributed by atoms with Gasteiger partial charge in [-0.1, -0.05) is 11.2 Å². The van der Waals surface area contributed by atoms with Crippen molar-refractivity contribution in [2.24, 2.45) is 0 Å². The number of hydrogen-bond donors (Lipinski definition) is 1. The Morgan fingerprint density at radius 3 is 2.95 bits per heavy atom. The normalized spacial score (nSPS) is 10.8. The molecule has 100 valence electrons. The van der Waals surface area contributed by atoms with Crippen molar-refractivity contribution >= 4 is 17.0 Å². The van der Waals surface area contributed by atoms with Gasteiger partial charge in [-0.2, -0.15) is 10.2 Å². The lowest BCUT2D eigenvalue weighted by atomic mass is 10.2. The fourth-order valence-corrected chi connectivity index (χ4v) is 2.14. The number of benzene rings is 1. The summed E-state index contributed by atoms with van der Waals surface area (Å²) in [7, 11) is 0. The van der Waals surface area contributed by atoms with Crippen LogP contribution in [0.3, 0.4) is 0 Å². The zero-order chi connectivity index (χ0) is 14.1. The minimum absolute atomic E-state index is 0.378. The summed E-state index contributed by atoms with van der Waals surface area (Å²) in [5.41, 5.74) is 7.90. The molecule has 2 heterocycles. The molecule has 7 nitrogen and oxygen atoms in total. The van der Waals surface area contributed by atoms with Gasteiger partial charge in [-0.25, -0.2) is 4.98 Å². The van der Waals surface area contributed by atoms with Crippen LogP contribution in [-0.2, 0) is 13.0 Å². The smallest absolute Gasteiger partial charge is 0.223 e. The molecule has 0 unspecified atom stereocenters. The molecule has 0 saturated heterocycles. The minimum atomic E-state index is 0.378. The number of aromatic nitrogens is 4. The molecule has 0 spiro atoms. The van der Waals surface area contributed by atoms with Crippen LogP contribution in [-0.4, -0.2) is 19.7 Å². The van der Waals surface area contributed by atoms with Crippen LogP contribution in [0.4, 0.5) is 5.95 Å². The number of anilines is 1. The van der Waals surface area contributed by atoms with E-state index in [0.29, 0.717) is 41.7 Å². The highest BCUT2D eigenvalue weighted by Gasteiger charge is 2.12. The zero-order valence-corrected chi connectivity index (χ0v) is 10.9. The van der Waals surface area contributed by atoms with Crippen molar-refractivity contribution in [3.05, 3.63) is 35.5 Å². The van der Waals surface area contributed by atoms with E-state index in [1.165, 1.54) is 0 Å². The van der Waals surface area contributed by atoms with E-state index >= 15 is 0 Å². The molecule has 0 atom stereocenters. The van der Waals surface area contributed by atoms with Gasteiger partial charge in [-0.05, 0) is 12.1 Å². The van der Waals surface area contributed by atoms with Crippen molar-refractivity contribution in [1.29, 1.82) is 5.26 Å². The van der Waals surface area contributed by atoms with Gasteiger partial charge in [0.2, 0.25) is 11.8 Å². The second-order valence-corrected chi connectivity index (χ2v) is 4.39. The Labute approximate surface area is 114 Å². The predicted molar refractivity (Wildman–Crippen MR) is 71.6 cm³/mol. The van der Waals surface area contributed by atoms with Gasteiger partial charge in [-0.15, -0.1) is 0 Å². The first-order valence-electron chi connectivity index (χ1n) is 6.13. The van der Waals surface area contributed by atoms with Gasteiger partial charge in [-0.3, -0.25) is 0 Å². The molecule has 0 fully saturated rings. The Morgan fingerprint density at radius 1 is 1.40 bits per heavy atom. The SMILES string of the molecule is Cc1nc(CCn2c(N)nc3c(C#N)cccc32)no1. The highest BCUT2D eigenvalue weighted by Crippen LogP contribution is 2.21. The number of para-hydroxylation sites is 1. The third-order valence-electron chi connectivity index (χ3n) is 3.06. The second kappa shape index (κ2) is 4.66. The molecule has 0 aliphatic heterocycles. The lowest BCUT2D eigenvalue weighted by Gasteiger charge is -2.04. The molecule has 2 aromatic heterocycles. The summed E-state index contributed by atoms with van der Waals surface area (Å²) in [5, 5.41) is 12.9.